The Kier molecular flexibility index (Phi) is 22.6. The third-order valence-corrected chi connectivity index (χ3v) is 14.0. The molecule has 27 nitrogen and oxygen atoms in total. The van der Waals surface area contributed by atoms with E-state index >= 15 is 0 Å². The van der Waals surface area contributed by atoms with Crippen molar-refractivity contribution >= 4 is 72.1 Å². The third-order valence-electron chi connectivity index (χ3n) is 14.0. The zero-order valence-electron chi connectivity index (χ0n) is 52.8. The summed E-state index contributed by atoms with van der Waals surface area (Å²) in [6.45, 7) is 9.62. The van der Waals surface area contributed by atoms with Gasteiger partial charge in [-0.15, -0.1) is 0 Å². The Morgan fingerprint density at radius 3 is 1.24 bits per heavy atom. The zero-order valence-corrected chi connectivity index (χ0v) is 52.8. The number of fused-ring (bicyclic) bond motifs is 2. The Bertz CT molecular complexity index is 3580. The molecule has 0 radical (unpaired) electrons. The number of esters is 8. The summed E-state index contributed by atoms with van der Waals surface area (Å²) >= 11 is 0. The second-order valence-corrected chi connectivity index (χ2v) is 21.8. The Hall–Kier alpha value is -9.48. The number of carbonyl (C=O) groups is 8. The molecule has 496 valence electrons. The summed E-state index contributed by atoms with van der Waals surface area (Å²) in [5.74, 6) is -10.7. The van der Waals surface area contributed by atoms with E-state index in [2.05, 4.69) is 0 Å². The van der Waals surface area contributed by atoms with Crippen molar-refractivity contribution in [1.29, 1.82) is 0 Å². The zero-order chi connectivity index (χ0) is 67.4. The molecule has 0 bridgehead atoms. The highest BCUT2D eigenvalue weighted by Gasteiger charge is 2.66. The molecular formula is C66H70O27. The number of ether oxygens (including phenoxy) is 19. The van der Waals surface area contributed by atoms with Gasteiger partial charge in [0.25, 0.3) is 0 Å². The Morgan fingerprint density at radius 1 is 0.452 bits per heavy atom. The highest BCUT2D eigenvalue weighted by molar-refractivity contribution is 5.90. The van der Waals surface area contributed by atoms with Gasteiger partial charge < -0.3 is 90.0 Å². The molecule has 0 aliphatic carbocycles. The monoisotopic (exact) mass is 1290 g/mol. The van der Waals surface area contributed by atoms with Crippen molar-refractivity contribution in [3.63, 3.8) is 0 Å². The van der Waals surface area contributed by atoms with Crippen LogP contribution in [0.15, 0.2) is 97.1 Å². The first kappa shape index (κ1) is 69.4. The van der Waals surface area contributed by atoms with Gasteiger partial charge in [0.2, 0.25) is 5.79 Å². The fourth-order valence-corrected chi connectivity index (χ4v) is 9.98. The predicted octanol–water partition coefficient (Wildman–Crippen LogP) is 6.99. The van der Waals surface area contributed by atoms with Crippen LogP contribution in [-0.2, 0) is 90.5 Å². The van der Waals surface area contributed by atoms with E-state index in [4.69, 9.17) is 90.0 Å². The van der Waals surface area contributed by atoms with Crippen molar-refractivity contribution < 1.29 is 128 Å². The largest absolute Gasteiger partial charge is 0.493 e. The van der Waals surface area contributed by atoms with Crippen LogP contribution in [0.4, 0.5) is 0 Å². The normalized spacial score (nSPS) is 23.7. The van der Waals surface area contributed by atoms with Crippen molar-refractivity contribution in [2.45, 2.75) is 122 Å². The molecule has 0 N–H and O–H groups in total. The number of methoxy groups -OCH3 is 4. The summed E-state index contributed by atoms with van der Waals surface area (Å²) in [7, 11) is 5.45. The minimum Gasteiger partial charge on any atom is -0.493 e. The first-order chi connectivity index (χ1) is 44.2. The molecule has 0 saturated carbocycles. The maximum atomic E-state index is 14.6. The molecular weight excluding hydrogens is 1220 g/mol. The maximum absolute atomic E-state index is 14.6. The number of benzene rings is 4. The van der Waals surface area contributed by atoms with Gasteiger partial charge in [-0.2, -0.15) is 0 Å². The molecule has 4 aromatic rings. The summed E-state index contributed by atoms with van der Waals surface area (Å²) in [5.41, 5.74) is 1.61. The molecule has 4 aliphatic heterocycles. The SMILES string of the molecule is COc1cc(/C=C/C(=O)OC[C@H]2O[C@]3(COC(C)(C)O[C@H]4[C@H](O[C@@H]5COC(C)(C)O[C@H]5[C@@H]4OC(=O)/C=C/c4ccc(OC(C)=O)c(OC)c4)O3)[C@@H](OC(=O)/C=C/c3ccc(OC(C)=O)c(OC)c3)[C@@H]2OC(=O)/C=C/c2ccc(OC(C)=O)c(OC)c2)ccc1OC(C)=O. The van der Waals surface area contributed by atoms with Gasteiger partial charge in [-0.25, -0.2) is 19.2 Å². The summed E-state index contributed by atoms with van der Waals surface area (Å²) < 4.78 is 113. The molecule has 8 rings (SSSR count). The molecule has 4 fully saturated rings. The van der Waals surface area contributed by atoms with Gasteiger partial charge in [-0.1, -0.05) is 24.3 Å². The standard InChI is InChI=1S/C66H70O27/c1-36(67)82-44-21-13-40(29-48(44)75-9)17-25-54(71)79-33-53-59(87-55(72)26-18-41-14-22-45(83-37(2)68)49(30-41)76-10)62(89-57(74)28-20-43-16-24-47(85-39(4)70)51(32-43)78-12)66(90-53)35-81-65(7,8)92-61-60(58-52(86-63(61)93-66)34-80-64(5,6)91-58)88-56(73)27-19-42-15-23-46(84-38(3)69)50(31-42)77-11/h13-32,52-53,58-63H,33-35H2,1-12H3/b25-17+,26-18+,27-19+,28-20+/t52-,53-,58-,59-,60+,61-,62+,63-,66+/m1/s1. The number of hydrogen-bond acceptors (Lipinski definition) is 27. The van der Waals surface area contributed by atoms with Crippen molar-refractivity contribution in [3.05, 3.63) is 119 Å². The first-order valence-electron chi connectivity index (χ1n) is 28.8. The van der Waals surface area contributed by atoms with E-state index in [0.717, 1.165) is 24.3 Å². The van der Waals surface area contributed by atoms with E-state index in [1.807, 2.05) is 0 Å². The fraction of sp³-hybridized carbons (Fsp3) is 0.394. The predicted molar refractivity (Wildman–Crippen MR) is 321 cm³/mol. The Labute approximate surface area is 534 Å². The topological polar surface area (TPSA) is 312 Å². The molecule has 1 spiro atoms. The van der Waals surface area contributed by atoms with Crippen LogP contribution in [0.2, 0.25) is 0 Å². The highest BCUT2D eigenvalue weighted by Crippen LogP contribution is 2.46. The van der Waals surface area contributed by atoms with Gasteiger partial charge in [-0.05, 0) is 123 Å². The summed E-state index contributed by atoms with van der Waals surface area (Å²) in [6, 6.07) is 18.0. The number of hydrogen-bond donors (Lipinski definition) is 0. The summed E-state index contributed by atoms with van der Waals surface area (Å²) in [5, 5.41) is 0. The molecule has 93 heavy (non-hydrogen) atoms. The van der Waals surface area contributed by atoms with Gasteiger partial charge in [0.15, 0.2) is 88.3 Å². The van der Waals surface area contributed by atoms with Crippen LogP contribution in [0.5, 0.6) is 46.0 Å². The van der Waals surface area contributed by atoms with E-state index in [9.17, 15) is 38.4 Å². The average Bonchev–Trinajstić information content (AvgIpc) is 1.70. The molecule has 4 aromatic carbocycles. The van der Waals surface area contributed by atoms with Gasteiger partial charge in [-0.3, -0.25) is 19.2 Å². The maximum Gasteiger partial charge on any atom is 0.331 e. The van der Waals surface area contributed by atoms with Crippen LogP contribution in [0.25, 0.3) is 24.3 Å². The summed E-state index contributed by atoms with van der Waals surface area (Å²) in [6.07, 6.45) is -2.35. The van der Waals surface area contributed by atoms with Gasteiger partial charge in [0, 0.05) is 52.0 Å². The van der Waals surface area contributed by atoms with Gasteiger partial charge in [0.1, 0.15) is 31.5 Å². The molecule has 9 atom stereocenters. The molecule has 4 heterocycles. The lowest BCUT2D eigenvalue weighted by Crippen LogP contribution is -2.70. The van der Waals surface area contributed by atoms with E-state index in [-0.39, 0.29) is 52.6 Å². The van der Waals surface area contributed by atoms with Gasteiger partial charge >= 0.3 is 47.8 Å². The first-order valence-corrected chi connectivity index (χ1v) is 28.8. The van der Waals surface area contributed by atoms with Crippen molar-refractivity contribution in [2.75, 3.05) is 48.3 Å². The van der Waals surface area contributed by atoms with Crippen LogP contribution >= 0.6 is 0 Å². The number of rotatable bonds is 21. The molecule has 0 aromatic heterocycles. The van der Waals surface area contributed by atoms with E-state index in [1.54, 1.807) is 26.0 Å². The quantitative estimate of drug-likeness (QED) is 0.0351. The van der Waals surface area contributed by atoms with Crippen LogP contribution in [-0.4, -0.2) is 162 Å². The third kappa shape index (κ3) is 18.4. The second-order valence-electron chi connectivity index (χ2n) is 21.8. The smallest absolute Gasteiger partial charge is 0.331 e. The van der Waals surface area contributed by atoms with Crippen molar-refractivity contribution in [3.8, 4) is 46.0 Å². The average molecular weight is 1300 g/mol. The fourth-order valence-electron chi connectivity index (χ4n) is 9.98. The molecule has 0 unspecified atom stereocenters. The van der Waals surface area contributed by atoms with E-state index in [0.29, 0.717) is 22.3 Å². The Balaban J connectivity index is 1.19. The van der Waals surface area contributed by atoms with Crippen molar-refractivity contribution in [2.24, 2.45) is 0 Å². The van der Waals surface area contributed by atoms with Crippen molar-refractivity contribution in [1.82, 2.24) is 0 Å². The lowest BCUT2D eigenvalue weighted by atomic mass is 9.96. The van der Waals surface area contributed by atoms with Crippen LogP contribution in [0.1, 0.15) is 77.6 Å². The molecule has 4 saturated heterocycles. The molecule has 4 aliphatic rings. The Morgan fingerprint density at radius 2 is 0.828 bits per heavy atom. The highest BCUT2D eigenvalue weighted by atomic mass is 16.9. The van der Waals surface area contributed by atoms with E-state index < -0.39 is 127 Å². The second kappa shape index (κ2) is 30.3. The minimum atomic E-state index is -2.45. The molecule has 0 amide bonds. The lowest BCUT2D eigenvalue weighted by Gasteiger charge is -2.53. The summed E-state index contributed by atoms with van der Waals surface area (Å²) in [4.78, 5) is 104. The number of carbonyl (C=O) groups excluding carboxylic acids is 8. The van der Waals surface area contributed by atoms with Crippen LogP contribution in [0, 0.1) is 0 Å². The molecule has 27 heteroatoms. The van der Waals surface area contributed by atoms with Crippen LogP contribution < -0.4 is 37.9 Å². The van der Waals surface area contributed by atoms with Crippen LogP contribution in [0.3, 0.4) is 0 Å². The lowest BCUT2D eigenvalue weighted by molar-refractivity contribution is -0.454. The van der Waals surface area contributed by atoms with E-state index in [1.165, 1.54) is 155 Å². The van der Waals surface area contributed by atoms with Gasteiger partial charge in [0.05, 0.1) is 35.0 Å². The minimum absolute atomic E-state index is 0.0980.